The number of aryl methyl sites for hydroxylation is 2. The molecule has 0 radical (unpaired) electrons. The normalized spacial score (nSPS) is 10.7. The van der Waals surface area contributed by atoms with Crippen molar-refractivity contribution in [1.29, 1.82) is 0 Å². The van der Waals surface area contributed by atoms with Crippen molar-refractivity contribution in [2.24, 2.45) is 0 Å². The first-order chi connectivity index (χ1) is 8.61. The number of hydrogen-bond donors (Lipinski definition) is 1. The molecule has 96 valence electrons. The van der Waals surface area contributed by atoms with Gasteiger partial charge in [-0.3, -0.25) is 0 Å². The summed E-state index contributed by atoms with van der Waals surface area (Å²) in [6.07, 6.45) is 2.78. The van der Waals surface area contributed by atoms with Gasteiger partial charge in [-0.15, -0.1) is 0 Å². The van der Waals surface area contributed by atoms with Crippen LogP contribution in [0.2, 0.25) is 0 Å². The molecule has 2 heterocycles. The van der Waals surface area contributed by atoms with Gasteiger partial charge in [0.2, 0.25) is 5.95 Å². The minimum Gasteiger partial charge on any atom is -0.354 e. The first-order valence-electron chi connectivity index (χ1n) is 5.92. The average molecular weight is 310 g/mol. The summed E-state index contributed by atoms with van der Waals surface area (Å²) in [6, 6.07) is 2.02. The van der Waals surface area contributed by atoms with Crippen molar-refractivity contribution < 1.29 is 0 Å². The Bertz CT molecular complexity index is 549. The Hall–Kier alpha value is -1.43. The fourth-order valence-electron chi connectivity index (χ4n) is 1.67. The van der Waals surface area contributed by atoms with Gasteiger partial charge in [0.25, 0.3) is 0 Å². The maximum atomic E-state index is 4.49. The van der Waals surface area contributed by atoms with E-state index in [1.165, 1.54) is 0 Å². The zero-order chi connectivity index (χ0) is 13.1. The van der Waals surface area contributed by atoms with E-state index in [2.05, 4.69) is 43.2 Å². The largest absolute Gasteiger partial charge is 0.354 e. The molecular formula is C12H16BrN5. The lowest BCUT2D eigenvalue weighted by atomic mass is 10.4. The summed E-state index contributed by atoms with van der Waals surface area (Å²) in [7, 11) is 0. The molecule has 2 aromatic heterocycles. The van der Waals surface area contributed by atoms with Crippen LogP contribution in [0.15, 0.2) is 16.7 Å². The monoisotopic (exact) mass is 309 g/mol. The standard InChI is InChI=1S/C12H16BrN5/c1-4-5-14-12-15-7-10(13)11(16-12)18-9(3)6-8(2)17-18/h6-7H,4-5H2,1-3H3,(H,14,15,16). The minimum absolute atomic E-state index is 0.627. The summed E-state index contributed by atoms with van der Waals surface area (Å²) in [5, 5.41) is 7.61. The van der Waals surface area contributed by atoms with Crippen molar-refractivity contribution in [2.75, 3.05) is 11.9 Å². The second-order valence-corrected chi connectivity index (χ2v) is 4.99. The molecule has 1 N–H and O–H groups in total. The number of rotatable bonds is 4. The Morgan fingerprint density at radius 1 is 1.39 bits per heavy atom. The summed E-state index contributed by atoms with van der Waals surface area (Å²) in [5.74, 6) is 1.39. The fourth-order valence-corrected chi connectivity index (χ4v) is 2.03. The predicted molar refractivity (Wildman–Crippen MR) is 75.1 cm³/mol. The Balaban J connectivity index is 2.40. The van der Waals surface area contributed by atoms with Crippen LogP contribution in [0.1, 0.15) is 24.7 Å². The van der Waals surface area contributed by atoms with Gasteiger partial charge in [0, 0.05) is 18.4 Å². The molecule has 2 rings (SSSR count). The molecule has 0 aliphatic rings. The molecule has 0 saturated carbocycles. The van der Waals surface area contributed by atoms with Gasteiger partial charge in [-0.25, -0.2) is 9.67 Å². The highest BCUT2D eigenvalue weighted by Crippen LogP contribution is 2.20. The zero-order valence-corrected chi connectivity index (χ0v) is 12.3. The Labute approximate surface area is 115 Å². The Kier molecular flexibility index (Phi) is 3.96. The van der Waals surface area contributed by atoms with Crippen LogP contribution in [-0.4, -0.2) is 26.3 Å². The van der Waals surface area contributed by atoms with Crippen LogP contribution < -0.4 is 5.32 Å². The molecule has 2 aromatic rings. The third kappa shape index (κ3) is 2.69. The Morgan fingerprint density at radius 2 is 2.17 bits per heavy atom. The van der Waals surface area contributed by atoms with Gasteiger partial charge in [0.1, 0.15) is 0 Å². The third-order valence-corrected chi connectivity index (χ3v) is 3.03. The lowest BCUT2D eigenvalue weighted by Gasteiger charge is -2.08. The van der Waals surface area contributed by atoms with Crippen molar-refractivity contribution in [2.45, 2.75) is 27.2 Å². The van der Waals surface area contributed by atoms with E-state index < -0.39 is 0 Å². The fraction of sp³-hybridized carbons (Fsp3) is 0.417. The van der Waals surface area contributed by atoms with Gasteiger partial charge in [-0.05, 0) is 42.3 Å². The first-order valence-corrected chi connectivity index (χ1v) is 6.71. The lowest BCUT2D eigenvalue weighted by molar-refractivity contribution is 0.794. The first kappa shape index (κ1) is 13.0. The van der Waals surface area contributed by atoms with E-state index in [1.807, 2.05) is 24.6 Å². The van der Waals surface area contributed by atoms with E-state index in [1.54, 1.807) is 6.20 Å². The van der Waals surface area contributed by atoms with Crippen LogP contribution in [-0.2, 0) is 0 Å². The SMILES string of the molecule is CCCNc1ncc(Br)c(-n2nc(C)cc2C)n1. The number of aromatic nitrogens is 4. The van der Waals surface area contributed by atoms with E-state index in [9.17, 15) is 0 Å². The van der Waals surface area contributed by atoms with Crippen LogP contribution in [0, 0.1) is 13.8 Å². The van der Waals surface area contributed by atoms with E-state index in [4.69, 9.17) is 0 Å². The van der Waals surface area contributed by atoms with Gasteiger partial charge in [-0.2, -0.15) is 10.1 Å². The third-order valence-electron chi connectivity index (χ3n) is 2.47. The second kappa shape index (κ2) is 5.48. The van der Waals surface area contributed by atoms with Crippen molar-refractivity contribution in [3.63, 3.8) is 0 Å². The molecular weight excluding hydrogens is 294 g/mol. The lowest BCUT2D eigenvalue weighted by Crippen LogP contribution is -2.09. The number of hydrogen-bond acceptors (Lipinski definition) is 4. The molecule has 0 aromatic carbocycles. The van der Waals surface area contributed by atoms with E-state index >= 15 is 0 Å². The molecule has 0 spiro atoms. The number of halogens is 1. The van der Waals surface area contributed by atoms with Gasteiger partial charge in [0.05, 0.1) is 10.2 Å². The molecule has 5 nitrogen and oxygen atoms in total. The van der Waals surface area contributed by atoms with Gasteiger partial charge in [0.15, 0.2) is 5.82 Å². The molecule has 0 atom stereocenters. The highest BCUT2D eigenvalue weighted by atomic mass is 79.9. The highest BCUT2D eigenvalue weighted by molar-refractivity contribution is 9.10. The van der Waals surface area contributed by atoms with Crippen molar-refractivity contribution in [3.05, 3.63) is 28.1 Å². The summed E-state index contributed by atoms with van der Waals surface area (Å²) in [6.45, 7) is 6.94. The van der Waals surface area contributed by atoms with Crippen molar-refractivity contribution >= 4 is 21.9 Å². The van der Waals surface area contributed by atoms with Gasteiger partial charge < -0.3 is 5.32 Å². The van der Waals surface area contributed by atoms with Crippen LogP contribution in [0.5, 0.6) is 0 Å². The summed E-state index contributed by atoms with van der Waals surface area (Å²) in [4.78, 5) is 8.71. The quantitative estimate of drug-likeness (QED) is 0.943. The topological polar surface area (TPSA) is 55.6 Å². The molecule has 0 bridgehead atoms. The molecule has 0 unspecified atom stereocenters. The zero-order valence-electron chi connectivity index (χ0n) is 10.7. The molecule has 0 fully saturated rings. The van der Waals surface area contributed by atoms with Crippen LogP contribution in [0.4, 0.5) is 5.95 Å². The van der Waals surface area contributed by atoms with Crippen LogP contribution in [0.25, 0.3) is 5.82 Å². The van der Waals surface area contributed by atoms with Crippen LogP contribution >= 0.6 is 15.9 Å². The van der Waals surface area contributed by atoms with E-state index in [-0.39, 0.29) is 0 Å². The molecule has 0 aliphatic carbocycles. The van der Waals surface area contributed by atoms with E-state index in [0.717, 1.165) is 34.6 Å². The maximum Gasteiger partial charge on any atom is 0.224 e. The molecule has 0 amide bonds. The van der Waals surface area contributed by atoms with Gasteiger partial charge >= 0.3 is 0 Å². The summed E-state index contributed by atoms with van der Waals surface area (Å²) >= 11 is 3.47. The minimum atomic E-state index is 0.627. The molecule has 6 heteroatoms. The smallest absolute Gasteiger partial charge is 0.224 e. The maximum absolute atomic E-state index is 4.49. The number of nitrogens with one attached hydrogen (secondary N) is 1. The number of nitrogens with zero attached hydrogens (tertiary/aromatic N) is 4. The Morgan fingerprint density at radius 3 is 2.78 bits per heavy atom. The average Bonchev–Trinajstić information content (AvgIpc) is 2.67. The second-order valence-electron chi connectivity index (χ2n) is 4.13. The summed E-state index contributed by atoms with van der Waals surface area (Å²) < 4.78 is 2.65. The van der Waals surface area contributed by atoms with Crippen LogP contribution in [0.3, 0.4) is 0 Å². The van der Waals surface area contributed by atoms with Gasteiger partial charge in [-0.1, -0.05) is 6.92 Å². The molecule has 0 saturated heterocycles. The number of anilines is 1. The van der Waals surface area contributed by atoms with Crippen molar-refractivity contribution in [3.8, 4) is 5.82 Å². The highest BCUT2D eigenvalue weighted by Gasteiger charge is 2.10. The van der Waals surface area contributed by atoms with E-state index in [0.29, 0.717) is 5.95 Å². The predicted octanol–water partition coefficient (Wildman–Crippen LogP) is 2.86. The van der Waals surface area contributed by atoms with Crippen molar-refractivity contribution in [1.82, 2.24) is 19.7 Å². The molecule has 0 aliphatic heterocycles. The summed E-state index contributed by atoms with van der Waals surface area (Å²) in [5.41, 5.74) is 2.02. The molecule has 18 heavy (non-hydrogen) atoms.